The van der Waals surface area contributed by atoms with E-state index in [0.29, 0.717) is 23.0 Å². The Hall–Kier alpha value is -6.14. The molecule has 7 aromatic carbocycles. The first-order chi connectivity index (χ1) is 21.8. The highest BCUT2D eigenvalue weighted by Gasteiger charge is 2.17. The monoisotopic (exact) mass is 562 g/mol. The summed E-state index contributed by atoms with van der Waals surface area (Å²) in [6.45, 7) is 0. The molecule has 6 nitrogen and oxygen atoms in total. The van der Waals surface area contributed by atoms with Crippen LogP contribution in [0, 0.1) is 0 Å². The molecular formula is C38H22N6. The van der Waals surface area contributed by atoms with Crippen molar-refractivity contribution in [2.45, 2.75) is 0 Å². The predicted molar refractivity (Wildman–Crippen MR) is 177 cm³/mol. The van der Waals surface area contributed by atoms with Crippen molar-refractivity contribution in [3.05, 3.63) is 134 Å². The quantitative estimate of drug-likeness (QED) is 0.200. The van der Waals surface area contributed by atoms with Crippen molar-refractivity contribution in [1.82, 2.24) is 30.1 Å². The Morgan fingerprint density at radius 2 is 0.909 bits per heavy atom. The zero-order valence-corrected chi connectivity index (χ0v) is 23.4. The minimum absolute atomic E-state index is 0.563. The SMILES string of the molecule is c1ccc2cc3c(-c4nc(-c5ccc6ncnnc6c5)nc(-c5cccc6cc7ccccc7cc56)n4)cccc3cc2c1. The molecule has 0 aliphatic heterocycles. The smallest absolute Gasteiger partial charge is 0.164 e. The van der Waals surface area contributed by atoms with Gasteiger partial charge in [0.15, 0.2) is 17.5 Å². The third-order valence-corrected chi connectivity index (χ3v) is 8.26. The summed E-state index contributed by atoms with van der Waals surface area (Å²) in [6.07, 6.45) is 1.45. The van der Waals surface area contributed by atoms with Gasteiger partial charge >= 0.3 is 0 Å². The van der Waals surface area contributed by atoms with Gasteiger partial charge in [0.25, 0.3) is 0 Å². The highest BCUT2D eigenvalue weighted by Crippen LogP contribution is 2.35. The van der Waals surface area contributed by atoms with E-state index < -0.39 is 0 Å². The van der Waals surface area contributed by atoms with Crippen molar-refractivity contribution in [2.24, 2.45) is 0 Å². The average Bonchev–Trinajstić information content (AvgIpc) is 3.09. The summed E-state index contributed by atoms with van der Waals surface area (Å²) in [5.74, 6) is 1.79. The van der Waals surface area contributed by atoms with Crippen LogP contribution < -0.4 is 0 Å². The molecule has 2 heterocycles. The van der Waals surface area contributed by atoms with Crippen LogP contribution >= 0.6 is 0 Å². The normalized spacial score (nSPS) is 11.6. The molecule has 0 aliphatic rings. The molecule has 0 fully saturated rings. The van der Waals surface area contributed by atoms with E-state index in [2.05, 4.69) is 124 Å². The molecule has 0 amide bonds. The third-order valence-electron chi connectivity index (χ3n) is 8.26. The second kappa shape index (κ2) is 9.71. The van der Waals surface area contributed by atoms with Crippen LogP contribution in [0.3, 0.4) is 0 Å². The van der Waals surface area contributed by atoms with Crippen molar-refractivity contribution in [3.63, 3.8) is 0 Å². The summed E-state index contributed by atoms with van der Waals surface area (Å²) in [5, 5.41) is 17.4. The Morgan fingerprint density at radius 1 is 0.386 bits per heavy atom. The lowest BCUT2D eigenvalue weighted by atomic mass is 9.98. The van der Waals surface area contributed by atoms with Gasteiger partial charge < -0.3 is 0 Å². The van der Waals surface area contributed by atoms with Crippen LogP contribution in [0.15, 0.2) is 134 Å². The van der Waals surface area contributed by atoms with E-state index in [0.717, 1.165) is 43.8 Å². The van der Waals surface area contributed by atoms with Gasteiger partial charge in [0.2, 0.25) is 0 Å². The summed E-state index contributed by atoms with van der Waals surface area (Å²) in [7, 11) is 0. The largest absolute Gasteiger partial charge is 0.233 e. The number of hydrogen-bond donors (Lipinski definition) is 0. The fourth-order valence-corrected chi connectivity index (χ4v) is 6.10. The number of aromatic nitrogens is 6. The summed E-state index contributed by atoms with van der Waals surface area (Å²) in [4.78, 5) is 19.6. The lowest BCUT2D eigenvalue weighted by Gasteiger charge is -2.13. The number of hydrogen-bond acceptors (Lipinski definition) is 6. The number of fused-ring (bicyclic) bond motifs is 5. The predicted octanol–water partition coefficient (Wildman–Crippen LogP) is 8.82. The molecule has 0 N–H and O–H groups in total. The maximum atomic E-state index is 5.16. The molecule has 0 bridgehead atoms. The summed E-state index contributed by atoms with van der Waals surface area (Å²) >= 11 is 0. The molecule has 6 heteroatoms. The van der Waals surface area contributed by atoms with Gasteiger partial charge in [-0.25, -0.2) is 19.9 Å². The van der Waals surface area contributed by atoms with Gasteiger partial charge in [-0.15, -0.1) is 10.2 Å². The number of rotatable bonds is 3. The topological polar surface area (TPSA) is 77.3 Å². The van der Waals surface area contributed by atoms with E-state index in [4.69, 9.17) is 15.0 Å². The molecule has 0 saturated heterocycles. The number of benzene rings is 7. The highest BCUT2D eigenvalue weighted by atomic mass is 15.1. The van der Waals surface area contributed by atoms with Crippen LogP contribution in [0.2, 0.25) is 0 Å². The maximum Gasteiger partial charge on any atom is 0.164 e. The van der Waals surface area contributed by atoms with Crippen LogP contribution in [-0.2, 0) is 0 Å². The third kappa shape index (κ3) is 4.04. The standard InChI is InChI=1S/C38H22N6/c1-3-9-25-19-32-27(17-23(25)7-1)11-5-13-30(32)37-41-36(29-15-16-34-35(21-29)44-40-22-39-34)42-38(43-37)31-14-6-12-28-18-24-8-2-4-10-26(24)20-33(28)31/h1-22H. The van der Waals surface area contributed by atoms with Gasteiger partial charge in [-0.2, -0.15) is 0 Å². The van der Waals surface area contributed by atoms with E-state index in [1.54, 1.807) is 0 Å². The Morgan fingerprint density at radius 3 is 1.50 bits per heavy atom. The van der Waals surface area contributed by atoms with Gasteiger partial charge in [-0.3, -0.25) is 0 Å². The molecule has 0 radical (unpaired) electrons. The van der Waals surface area contributed by atoms with Crippen molar-refractivity contribution < 1.29 is 0 Å². The first-order valence-electron chi connectivity index (χ1n) is 14.4. The molecule has 0 spiro atoms. The molecule has 2 aromatic heterocycles. The second-order valence-electron chi connectivity index (χ2n) is 10.9. The Balaban J connectivity index is 1.33. The molecule has 9 rings (SSSR count). The molecule has 0 saturated carbocycles. The molecule has 0 aliphatic carbocycles. The average molecular weight is 563 g/mol. The van der Waals surface area contributed by atoms with Crippen LogP contribution in [0.1, 0.15) is 0 Å². The van der Waals surface area contributed by atoms with Crippen molar-refractivity contribution in [3.8, 4) is 34.2 Å². The Bertz CT molecular complexity index is 2440. The van der Waals surface area contributed by atoms with Crippen molar-refractivity contribution >= 4 is 54.1 Å². The summed E-state index contributed by atoms with van der Waals surface area (Å²) < 4.78 is 0. The summed E-state index contributed by atoms with van der Waals surface area (Å²) in [5.41, 5.74) is 4.17. The van der Waals surface area contributed by atoms with E-state index in [-0.39, 0.29) is 0 Å². The summed E-state index contributed by atoms with van der Waals surface area (Å²) in [6, 6.07) is 44.2. The van der Waals surface area contributed by atoms with Crippen molar-refractivity contribution in [1.29, 1.82) is 0 Å². The first kappa shape index (κ1) is 24.5. The van der Waals surface area contributed by atoms with Gasteiger partial charge in [0.05, 0.1) is 5.52 Å². The zero-order chi connectivity index (χ0) is 29.0. The fourth-order valence-electron chi connectivity index (χ4n) is 6.10. The second-order valence-corrected chi connectivity index (χ2v) is 10.9. The molecule has 0 atom stereocenters. The first-order valence-corrected chi connectivity index (χ1v) is 14.4. The van der Waals surface area contributed by atoms with Gasteiger partial charge in [-0.1, -0.05) is 84.9 Å². The lowest BCUT2D eigenvalue weighted by molar-refractivity contribution is 1.02. The Labute approximate surface area is 251 Å². The van der Waals surface area contributed by atoms with Crippen molar-refractivity contribution in [2.75, 3.05) is 0 Å². The molecular weight excluding hydrogens is 540 g/mol. The molecule has 204 valence electrons. The van der Waals surface area contributed by atoms with Gasteiger partial charge in [0, 0.05) is 16.7 Å². The zero-order valence-electron chi connectivity index (χ0n) is 23.4. The van der Waals surface area contributed by atoms with Gasteiger partial charge in [-0.05, 0) is 85.6 Å². The lowest BCUT2D eigenvalue weighted by Crippen LogP contribution is -2.01. The van der Waals surface area contributed by atoms with Crippen LogP contribution in [0.4, 0.5) is 0 Å². The van der Waals surface area contributed by atoms with E-state index in [1.807, 2.05) is 18.2 Å². The van der Waals surface area contributed by atoms with E-state index in [1.165, 1.54) is 27.9 Å². The highest BCUT2D eigenvalue weighted by molar-refractivity contribution is 6.06. The Kier molecular flexibility index (Phi) is 5.40. The van der Waals surface area contributed by atoms with E-state index >= 15 is 0 Å². The van der Waals surface area contributed by atoms with Crippen LogP contribution in [0.5, 0.6) is 0 Å². The van der Waals surface area contributed by atoms with Gasteiger partial charge in [0.1, 0.15) is 11.8 Å². The van der Waals surface area contributed by atoms with Crippen LogP contribution in [-0.4, -0.2) is 30.1 Å². The molecule has 44 heavy (non-hydrogen) atoms. The minimum Gasteiger partial charge on any atom is -0.233 e. The molecule has 9 aromatic rings. The van der Waals surface area contributed by atoms with Crippen LogP contribution in [0.25, 0.3) is 88.3 Å². The van der Waals surface area contributed by atoms with E-state index in [9.17, 15) is 0 Å². The molecule has 0 unspecified atom stereocenters. The fraction of sp³-hybridized carbons (Fsp3) is 0. The maximum absolute atomic E-state index is 5.16. The number of nitrogens with zero attached hydrogens (tertiary/aromatic N) is 6. The minimum atomic E-state index is 0.563.